The van der Waals surface area contributed by atoms with E-state index in [0.29, 0.717) is 13.2 Å². The molecule has 0 unspecified atom stereocenters. The van der Waals surface area contributed by atoms with Gasteiger partial charge in [-0.3, -0.25) is 0 Å². The maximum absolute atomic E-state index is 8.86. The second-order valence-corrected chi connectivity index (χ2v) is 7.30. The molecule has 0 amide bonds. The number of rotatable bonds is 3. The monoisotopic (exact) mass is 380 g/mol. The van der Waals surface area contributed by atoms with Gasteiger partial charge in [0.15, 0.2) is 17.3 Å². The Hall–Kier alpha value is -2.75. The van der Waals surface area contributed by atoms with Gasteiger partial charge in [-0.15, -0.1) is 11.3 Å². The van der Waals surface area contributed by atoms with E-state index in [1.165, 1.54) is 0 Å². The quantitative estimate of drug-likeness (QED) is 0.704. The average Bonchev–Trinajstić information content (AvgIpc) is 3.29. The number of aliphatic hydroxyl groups excluding tert-OH is 1. The number of aliphatic hydroxyl groups is 1. The molecule has 0 radical (unpaired) electrons. The van der Waals surface area contributed by atoms with E-state index in [-0.39, 0.29) is 12.6 Å². The van der Waals surface area contributed by atoms with Crippen molar-refractivity contribution >= 4 is 11.3 Å². The molecule has 1 aromatic carbocycles. The minimum absolute atomic E-state index is 0.0914. The lowest BCUT2D eigenvalue weighted by Crippen LogP contribution is -2.07. The SMILES string of the molecule is C[C@@H](c1ccc2c(c1)OCCCO2)n1ccnc1-c1ccc(C#CCO)s1. The molecule has 0 saturated carbocycles. The van der Waals surface area contributed by atoms with Crippen LogP contribution in [0.4, 0.5) is 0 Å². The highest BCUT2D eigenvalue weighted by Gasteiger charge is 2.18. The maximum atomic E-state index is 8.86. The maximum Gasteiger partial charge on any atom is 0.161 e. The molecular formula is C21H20N2O3S. The van der Waals surface area contributed by atoms with E-state index < -0.39 is 0 Å². The highest BCUT2D eigenvalue weighted by Crippen LogP contribution is 2.35. The molecule has 0 spiro atoms. The summed E-state index contributed by atoms with van der Waals surface area (Å²) in [4.78, 5) is 6.51. The number of fused-ring (bicyclic) bond motifs is 1. The van der Waals surface area contributed by atoms with Crippen LogP contribution in [0.5, 0.6) is 11.5 Å². The number of aromatic nitrogens is 2. The number of hydrogen-bond donors (Lipinski definition) is 1. The zero-order valence-electron chi connectivity index (χ0n) is 15.0. The normalized spacial score (nSPS) is 14.1. The number of nitrogens with zero attached hydrogens (tertiary/aromatic N) is 2. The van der Waals surface area contributed by atoms with E-state index in [1.807, 2.05) is 30.6 Å². The third-order valence-corrected chi connectivity index (χ3v) is 5.45. The molecule has 0 aliphatic carbocycles. The van der Waals surface area contributed by atoms with Crippen LogP contribution in [0.25, 0.3) is 10.7 Å². The van der Waals surface area contributed by atoms with Gasteiger partial charge >= 0.3 is 0 Å². The molecule has 4 rings (SSSR count). The van der Waals surface area contributed by atoms with Crippen molar-refractivity contribution < 1.29 is 14.6 Å². The lowest BCUT2D eigenvalue weighted by Gasteiger charge is -2.18. The highest BCUT2D eigenvalue weighted by molar-refractivity contribution is 7.15. The predicted octanol–water partition coefficient (Wildman–Crippen LogP) is 3.73. The molecule has 0 fully saturated rings. The molecule has 1 atom stereocenters. The summed E-state index contributed by atoms with van der Waals surface area (Å²) >= 11 is 1.57. The number of benzene rings is 1. The van der Waals surface area contributed by atoms with Gasteiger partial charge < -0.3 is 19.1 Å². The van der Waals surface area contributed by atoms with Gasteiger partial charge in [-0.2, -0.15) is 0 Å². The Kier molecular flexibility index (Phi) is 5.14. The second kappa shape index (κ2) is 7.87. The van der Waals surface area contributed by atoms with Crippen LogP contribution in [0.15, 0.2) is 42.7 Å². The fourth-order valence-electron chi connectivity index (χ4n) is 3.07. The van der Waals surface area contributed by atoms with E-state index in [9.17, 15) is 0 Å². The standard InChI is InChI=1S/C21H20N2O3S/c1-15(16-5-7-18-19(14-16)26-13-3-12-25-18)23-10-9-22-21(23)20-8-6-17(27-20)4-2-11-24/h5-10,14-15,24H,3,11-13H2,1H3/t15-/m0/s1. The lowest BCUT2D eigenvalue weighted by atomic mass is 10.1. The summed E-state index contributed by atoms with van der Waals surface area (Å²) < 4.78 is 13.7. The van der Waals surface area contributed by atoms with Crippen molar-refractivity contribution in [2.75, 3.05) is 19.8 Å². The van der Waals surface area contributed by atoms with Gasteiger partial charge in [-0.25, -0.2) is 4.98 Å². The smallest absolute Gasteiger partial charge is 0.161 e. The Balaban J connectivity index is 1.64. The van der Waals surface area contributed by atoms with Crippen LogP contribution in [0, 0.1) is 11.8 Å². The molecule has 1 aliphatic rings. The summed E-state index contributed by atoms with van der Waals surface area (Å²) in [6, 6.07) is 10.2. The first kappa shape index (κ1) is 17.7. The van der Waals surface area contributed by atoms with Crippen LogP contribution in [-0.2, 0) is 0 Å². The minimum Gasteiger partial charge on any atom is -0.490 e. The third kappa shape index (κ3) is 3.70. The Morgan fingerprint density at radius 2 is 2.07 bits per heavy atom. The first-order chi connectivity index (χ1) is 13.3. The molecule has 138 valence electrons. The van der Waals surface area contributed by atoms with Gasteiger partial charge in [0.05, 0.1) is 29.0 Å². The zero-order valence-corrected chi connectivity index (χ0v) is 15.8. The van der Waals surface area contributed by atoms with Crippen LogP contribution in [0.3, 0.4) is 0 Å². The predicted molar refractivity (Wildman–Crippen MR) is 105 cm³/mol. The number of hydrogen-bond acceptors (Lipinski definition) is 5. The number of thiophene rings is 1. The van der Waals surface area contributed by atoms with Gasteiger partial charge in [0.25, 0.3) is 0 Å². The van der Waals surface area contributed by atoms with Crippen LogP contribution in [-0.4, -0.2) is 34.5 Å². The van der Waals surface area contributed by atoms with E-state index in [2.05, 4.69) is 40.4 Å². The summed E-state index contributed by atoms with van der Waals surface area (Å²) in [6.07, 6.45) is 4.70. The Morgan fingerprint density at radius 1 is 1.22 bits per heavy atom. The molecule has 0 bridgehead atoms. The largest absolute Gasteiger partial charge is 0.490 e. The summed E-state index contributed by atoms with van der Waals surface area (Å²) in [7, 11) is 0. The molecule has 0 saturated heterocycles. The van der Waals surface area contributed by atoms with Crippen LogP contribution in [0.1, 0.15) is 29.8 Å². The van der Waals surface area contributed by atoms with Gasteiger partial charge in [-0.1, -0.05) is 17.9 Å². The van der Waals surface area contributed by atoms with E-state index in [0.717, 1.165) is 39.1 Å². The third-order valence-electron chi connectivity index (χ3n) is 4.46. The van der Waals surface area contributed by atoms with Gasteiger partial charge in [-0.05, 0) is 36.8 Å². The number of imidazole rings is 1. The summed E-state index contributed by atoms with van der Waals surface area (Å²) in [5.41, 5.74) is 1.13. The van der Waals surface area contributed by atoms with Crippen LogP contribution in [0.2, 0.25) is 0 Å². The summed E-state index contributed by atoms with van der Waals surface area (Å²) in [5.74, 6) is 8.14. The molecule has 5 nitrogen and oxygen atoms in total. The van der Waals surface area contributed by atoms with Crippen molar-refractivity contribution in [1.82, 2.24) is 9.55 Å². The Bertz CT molecular complexity index is 996. The van der Waals surface area contributed by atoms with E-state index in [4.69, 9.17) is 14.6 Å². The molecule has 3 heterocycles. The first-order valence-electron chi connectivity index (χ1n) is 8.88. The van der Waals surface area contributed by atoms with E-state index in [1.54, 1.807) is 11.3 Å². The highest BCUT2D eigenvalue weighted by atomic mass is 32.1. The van der Waals surface area contributed by atoms with Crippen molar-refractivity contribution in [2.24, 2.45) is 0 Å². The van der Waals surface area contributed by atoms with Gasteiger partial charge in [0, 0.05) is 18.8 Å². The van der Waals surface area contributed by atoms with Crippen molar-refractivity contribution in [3.05, 3.63) is 53.2 Å². The average molecular weight is 380 g/mol. The van der Waals surface area contributed by atoms with Crippen LogP contribution < -0.4 is 9.47 Å². The van der Waals surface area contributed by atoms with Crippen LogP contribution >= 0.6 is 11.3 Å². The van der Waals surface area contributed by atoms with Crippen molar-refractivity contribution in [3.63, 3.8) is 0 Å². The fraction of sp³-hybridized carbons (Fsp3) is 0.286. The summed E-state index contributed by atoms with van der Waals surface area (Å²) in [5, 5.41) is 8.86. The topological polar surface area (TPSA) is 56.5 Å². The molecule has 3 aromatic rings. The molecule has 1 N–H and O–H groups in total. The van der Waals surface area contributed by atoms with Gasteiger partial charge in [0.2, 0.25) is 0 Å². The second-order valence-electron chi connectivity index (χ2n) is 6.21. The number of ether oxygens (including phenoxy) is 2. The lowest BCUT2D eigenvalue weighted by molar-refractivity contribution is 0.297. The summed E-state index contributed by atoms with van der Waals surface area (Å²) in [6.45, 7) is 3.37. The van der Waals surface area contributed by atoms with Crippen molar-refractivity contribution in [3.8, 4) is 34.0 Å². The van der Waals surface area contributed by atoms with Crippen molar-refractivity contribution in [1.29, 1.82) is 0 Å². The molecular weight excluding hydrogens is 360 g/mol. The molecule has 27 heavy (non-hydrogen) atoms. The molecule has 2 aromatic heterocycles. The fourth-order valence-corrected chi connectivity index (χ4v) is 3.95. The Labute approximate surface area is 162 Å². The van der Waals surface area contributed by atoms with Gasteiger partial charge in [0.1, 0.15) is 6.61 Å². The zero-order chi connectivity index (χ0) is 18.6. The van der Waals surface area contributed by atoms with Crippen molar-refractivity contribution in [2.45, 2.75) is 19.4 Å². The molecule has 6 heteroatoms. The minimum atomic E-state index is -0.136. The first-order valence-corrected chi connectivity index (χ1v) is 9.70. The Morgan fingerprint density at radius 3 is 2.93 bits per heavy atom. The molecule has 1 aliphatic heterocycles. The van der Waals surface area contributed by atoms with E-state index >= 15 is 0 Å².